The van der Waals surface area contributed by atoms with Crippen molar-refractivity contribution in [2.24, 2.45) is 0 Å². The van der Waals surface area contributed by atoms with Gasteiger partial charge in [-0.3, -0.25) is 0 Å². The van der Waals surface area contributed by atoms with Crippen molar-refractivity contribution in [3.05, 3.63) is 75.8 Å². The normalized spacial score (nSPS) is 19.1. The number of likely N-dealkylation sites (tertiary alicyclic amines) is 1. The van der Waals surface area contributed by atoms with Gasteiger partial charge in [0.25, 0.3) is 0 Å². The van der Waals surface area contributed by atoms with Crippen molar-refractivity contribution in [3.8, 4) is 11.8 Å². The number of urea groups is 1. The second-order valence-electron chi connectivity index (χ2n) is 8.70. The van der Waals surface area contributed by atoms with Gasteiger partial charge < -0.3 is 24.6 Å². The van der Waals surface area contributed by atoms with E-state index in [2.05, 4.69) is 21.6 Å². The van der Waals surface area contributed by atoms with E-state index in [-0.39, 0.29) is 24.7 Å². The van der Waals surface area contributed by atoms with Crippen molar-refractivity contribution in [1.29, 1.82) is 5.26 Å². The lowest BCUT2D eigenvalue weighted by molar-refractivity contribution is 0.179. The molecule has 35 heavy (non-hydrogen) atoms. The van der Waals surface area contributed by atoms with Crippen LogP contribution in [0.25, 0.3) is 0 Å². The molecule has 2 atom stereocenters. The van der Waals surface area contributed by atoms with E-state index in [0.29, 0.717) is 54.1 Å². The zero-order valence-corrected chi connectivity index (χ0v) is 19.8. The Morgan fingerprint density at radius 3 is 2.83 bits per heavy atom. The number of carbonyl (C=O) groups excluding carboxylic acids is 1. The molecular formula is C25H25ClN6O3. The molecule has 3 aromatic rings. The smallest absolute Gasteiger partial charge is 0.318 e. The van der Waals surface area contributed by atoms with Gasteiger partial charge in [0.05, 0.1) is 36.9 Å². The third-order valence-electron chi connectivity index (χ3n) is 6.54. The first-order chi connectivity index (χ1) is 17.1. The fourth-order valence-corrected chi connectivity index (χ4v) is 4.90. The monoisotopic (exact) mass is 492 g/mol. The lowest BCUT2D eigenvalue weighted by atomic mass is 9.99. The molecular weight excluding hydrogens is 468 g/mol. The number of hydrogen-bond acceptors (Lipinski definition) is 6. The van der Waals surface area contributed by atoms with Crippen LogP contribution in [0.2, 0.25) is 5.02 Å². The maximum absolute atomic E-state index is 13.4. The Morgan fingerprint density at radius 1 is 1.23 bits per heavy atom. The van der Waals surface area contributed by atoms with E-state index in [1.54, 1.807) is 17.0 Å². The minimum Gasteiger partial charge on any atom is -0.493 e. The largest absolute Gasteiger partial charge is 0.493 e. The van der Waals surface area contributed by atoms with Crippen LogP contribution in [0, 0.1) is 11.3 Å². The molecule has 1 aromatic heterocycles. The summed E-state index contributed by atoms with van der Waals surface area (Å²) < 4.78 is 7.60. The molecule has 9 nitrogen and oxygen atoms in total. The molecule has 10 heteroatoms. The molecule has 180 valence electrons. The first kappa shape index (κ1) is 23.1. The number of aliphatic hydroxyl groups excluding tert-OH is 1. The lowest BCUT2D eigenvalue weighted by Gasteiger charge is -2.31. The van der Waals surface area contributed by atoms with Crippen LogP contribution in [0.4, 0.5) is 4.79 Å². The van der Waals surface area contributed by atoms with Gasteiger partial charge in [-0.1, -0.05) is 29.8 Å². The average molecular weight is 493 g/mol. The molecule has 0 radical (unpaired) electrons. The lowest BCUT2D eigenvalue weighted by Crippen LogP contribution is -2.43. The summed E-state index contributed by atoms with van der Waals surface area (Å²) in [6.45, 7) is 1.28. The fraction of sp³-hybridized carbons (Fsp3) is 0.360. The van der Waals surface area contributed by atoms with Crippen molar-refractivity contribution in [2.75, 3.05) is 13.2 Å². The molecule has 0 unspecified atom stereocenters. The van der Waals surface area contributed by atoms with Crippen molar-refractivity contribution in [1.82, 2.24) is 25.0 Å². The van der Waals surface area contributed by atoms with Crippen LogP contribution in [-0.4, -0.2) is 44.0 Å². The predicted octanol–water partition coefficient (Wildman–Crippen LogP) is 3.71. The summed E-state index contributed by atoms with van der Waals surface area (Å²) in [6, 6.07) is 14.3. The third kappa shape index (κ3) is 4.67. The zero-order valence-electron chi connectivity index (χ0n) is 19.0. The molecule has 2 amide bonds. The number of aliphatic hydroxyl groups is 1. The van der Waals surface area contributed by atoms with Gasteiger partial charge in [-0.05, 0) is 42.7 Å². The first-order valence-corrected chi connectivity index (χ1v) is 12.0. The molecule has 2 aliphatic rings. The minimum absolute atomic E-state index is 0.179. The second-order valence-corrected chi connectivity index (χ2v) is 9.14. The van der Waals surface area contributed by atoms with Gasteiger partial charge in [0.15, 0.2) is 11.6 Å². The number of aromatic nitrogens is 3. The van der Waals surface area contributed by atoms with Gasteiger partial charge in [0.2, 0.25) is 0 Å². The van der Waals surface area contributed by atoms with Crippen molar-refractivity contribution in [3.63, 3.8) is 0 Å². The summed E-state index contributed by atoms with van der Waals surface area (Å²) in [5, 5.41) is 31.4. The van der Waals surface area contributed by atoms with Crippen LogP contribution in [-0.2, 0) is 13.2 Å². The molecule has 0 bridgehead atoms. The molecule has 2 aliphatic heterocycles. The molecule has 0 saturated carbocycles. The van der Waals surface area contributed by atoms with Crippen LogP contribution >= 0.6 is 11.6 Å². The van der Waals surface area contributed by atoms with Gasteiger partial charge in [0.1, 0.15) is 12.4 Å². The van der Waals surface area contributed by atoms with E-state index in [0.717, 1.165) is 24.0 Å². The highest BCUT2D eigenvalue weighted by atomic mass is 35.5. The van der Waals surface area contributed by atoms with Gasteiger partial charge in [0, 0.05) is 23.6 Å². The molecule has 2 N–H and O–H groups in total. The van der Waals surface area contributed by atoms with E-state index in [9.17, 15) is 9.90 Å². The molecule has 2 aromatic carbocycles. The van der Waals surface area contributed by atoms with E-state index in [1.807, 2.05) is 34.9 Å². The van der Waals surface area contributed by atoms with E-state index in [4.69, 9.17) is 21.6 Å². The van der Waals surface area contributed by atoms with Crippen LogP contribution < -0.4 is 10.1 Å². The Morgan fingerprint density at radius 2 is 2.06 bits per heavy atom. The number of hydrogen-bond donors (Lipinski definition) is 2. The number of carbonyl (C=O) groups is 1. The van der Waals surface area contributed by atoms with Crippen molar-refractivity contribution >= 4 is 17.6 Å². The Kier molecular flexibility index (Phi) is 6.57. The van der Waals surface area contributed by atoms with E-state index >= 15 is 0 Å². The van der Waals surface area contributed by atoms with Gasteiger partial charge in [-0.25, -0.2) is 4.79 Å². The van der Waals surface area contributed by atoms with Crippen LogP contribution in [0.1, 0.15) is 59.7 Å². The third-order valence-corrected chi connectivity index (χ3v) is 6.79. The highest BCUT2D eigenvalue weighted by molar-refractivity contribution is 6.30. The summed E-state index contributed by atoms with van der Waals surface area (Å²) in [6.07, 6.45) is 2.24. The Bertz CT molecular complexity index is 1270. The van der Waals surface area contributed by atoms with Crippen LogP contribution in [0.15, 0.2) is 42.5 Å². The van der Waals surface area contributed by atoms with Crippen molar-refractivity contribution in [2.45, 2.75) is 44.5 Å². The fourth-order valence-electron chi connectivity index (χ4n) is 4.78. The molecule has 1 saturated heterocycles. The molecule has 1 fully saturated rings. The predicted molar refractivity (Wildman–Crippen MR) is 128 cm³/mol. The topological polar surface area (TPSA) is 116 Å². The number of fused-ring (bicyclic) bond motifs is 1. The number of amides is 2. The minimum atomic E-state index is -0.254. The molecule has 0 spiro atoms. The maximum atomic E-state index is 13.4. The van der Waals surface area contributed by atoms with Gasteiger partial charge in [-0.15, -0.1) is 10.2 Å². The molecule has 0 aliphatic carbocycles. The standard InChI is InChI=1S/C25H25ClN6O3/c26-18-6-3-16(4-7-18)14-32-23(15-33)29-30-24(32)21-2-1-10-31(21)25(34)28-20-9-11-35-22-12-17(13-27)5-8-19(20)22/h3-8,12,20-21,33H,1-2,9-11,14-15H2,(H,28,34)/t20-,21-/m1/s1. The Labute approximate surface area is 207 Å². The van der Waals surface area contributed by atoms with Crippen LogP contribution in [0.3, 0.4) is 0 Å². The summed E-state index contributed by atoms with van der Waals surface area (Å²) in [4.78, 5) is 15.2. The average Bonchev–Trinajstić information content (AvgIpc) is 3.52. The van der Waals surface area contributed by atoms with Gasteiger partial charge >= 0.3 is 6.03 Å². The number of nitriles is 1. The highest BCUT2D eigenvalue weighted by Crippen LogP contribution is 2.35. The van der Waals surface area contributed by atoms with E-state index < -0.39 is 0 Å². The quantitative estimate of drug-likeness (QED) is 0.560. The Hall–Kier alpha value is -3.61. The number of ether oxygens (including phenoxy) is 1. The SMILES string of the molecule is N#Cc1ccc2c(c1)OCC[C@H]2NC(=O)N1CCC[C@@H]1c1nnc(CO)n1Cc1ccc(Cl)cc1. The number of halogens is 1. The summed E-state index contributed by atoms with van der Waals surface area (Å²) in [5.74, 6) is 1.74. The maximum Gasteiger partial charge on any atom is 0.318 e. The Balaban J connectivity index is 1.37. The highest BCUT2D eigenvalue weighted by Gasteiger charge is 2.36. The number of rotatable bonds is 5. The first-order valence-electron chi connectivity index (χ1n) is 11.6. The summed E-state index contributed by atoms with van der Waals surface area (Å²) in [5.41, 5.74) is 2.39. The van der Waals surface area contributed by atoms with E-state index in [1.165, 1.54) is 0 Å². The van der Waals surface area contributed by atoms with Gasteiger partial charge in [-0.2, -0.15) is 5.26 Å². The van der Waals surface area contributed by atoms with Crippen LogP contribution in [0.5, 0.6) is 5.75 Å². The zero-order chi connectivity index (χ0) is 24.4. The summed E-state index contributed by atoms with van der Waals surface area (Å²) >= 11 is 6.02. The molecule has 3 heterocycles. The number of nitrogens with one attached hydrogen (secondary N) is 1. The summed E-state index contributed by atoms with van der Waals surface area (Å²) in [7, 11) is 0. The van der Waals surface area contributed by atoms with Crippen molar-refractivity contribution < 1.29 is 14.6 Å². The second kappa shape index (κ2) is 9.94. The number of benzene rings is 2. The molecule has 5 rings (SSSR count). The number of nitrogens with zero attached hydrogens (tertiary/aromatic N) is 5.